The van der Waals surface area contributed by atoms with E-state index in [0.29, 0.717) is 31.2 Å². The van der Waals surface area contributed by atoms with Crippen LogP contribution in [-0.2, 0) is 22.7 Å². The number of methoxy groups -OCH3 is 1. The highest BCUT2D eigenvalue weighted by Gasteiger charge is 2.12. The van der Waals surface area contributed by atoms with Crippen molar-refractivity contribution in [2.24, 2.45) is 0 Å². The summed E-state index contributed by atoms with van der Waals surface area (Å²) in [5, 5.41) is 12.6. The van der Waals surface area contributed by atoms with Crippen LogP contribution in [-0.4, -0.2) is 41.3 Å². The van der Waals surface area contributed by atoms with Crippen LogP contribution in [0.1, 0.15) is 11.5 Å². The normalized spacial score (nSPS) is 10.7. The molecular weight excluding hydrogens is 224 g/mol. The second kappa shape index (κ2) is 6.82. The third kappa shape index (κ3) is 4.80. The second-order valence-corrected chi connectivity index (χ2v) is 3.57. The van der Waals surface area contributed by atoms with Crippen LogP contribution in [0.5, 0.6) is 0 Å². The maximum absolute atomic E-state index is 10.6. The van der Waals surface area contributed by atoms with E-state index in [1.165, 1.54) is 0 Å². The van der Waals surface area contributed by atoms with E-state index in [2.05, 4.69) is 11.7 Å². The van der Waals surface area contributed by atoms with E-state index in [4.69, 9.17) is 14.4 Å². The second-order valence-electron chi connectivity index (χ2n) is 3.57. The molecule has 1 rings (SSSR count). The number of aromatic nitrogens is 1. The maximum atomic E-state index is 10.6. The molecule has 0 atom stereocenters. The average Bonchev–Trinajstić information content (AvgIpc) is 2.65. The summed E-state index contributed by atoms with van der Waals surface area (Å²) < 4.78 is 9.91. The predicted molar refractivity (Wildman–Crippen MR) is 60.3 cm³/mol. The summed E-state index contributed by atoms with van der Waals surface area (Å²) in [5.74, 6) is -0.260. The quantitative estimate of drug-likeness (QED) is 0.680. The van der Waals surface area contributed by atoms with Crippen molar-refractivity contribution in [3.63, 3.8) is 0 Å². The van der Waals surface area contributed by atoms with Crippen LogP contribution in [0, 0.1) is 0 Å². The number of ether oxygens (including phenoxy) is 1. The molecule has 0 fully saturated rings. The van der Waals surface area contributed by atoms with E-state index in [9.17, 15) is 4.79 Å². The molecule has 0 amide bonds. The summed E-state index contributed by atoms with van der Waals surface area (Å²) in [6, 6.07) is 1.75. The third-order valence-corrected chi connectivity index (χ3v) is 2.03. The first kappa shape index (κ1) is 13.4. The molecular formula is C11H16N2O4. The molecule has 0 aliphatic rings. The SMILES string of the molecule is C=CCN(CC(=O)O)Cc1cc(COC)on1. The molecule has 1 N–H and O–H groups in total. The molecule has 1 heterocycles. The number of carboxylic acids is 1. The number of nitrogens with zero attached hydrogens (tertiary/aromatic N) is 2. The first-order valence-electron chi connectivity index (χ1n) is 5.14. The standard InChI is InChI=1S/C11H16N2O4/c1-3-4-13(7-11(14)15)6-9-5-10(8-16-2)17-12-9/h3,5H,1,4,6-8H2,2H3,(H,14,15). The highest BCUT2D eigenvalue weighted by Crippen LogP contribution is 2.07. The van der Waals surface area contributed by atoms with Gasteiger partial charge in [0.25, 0.3) is 0 Å². The van der Waals surface area contributed by atoms with Gasteiger partial charge in [-0.3, -0.25) is 9.69 Å². The Morgan fingerprint density at radius 3 is 3.12 bits per heavy atom. The zero-order valence-electron chi connectivity index (χ0n) is 9.76. The first-order chi connectivity index (χ1) is 8.15. The van der Waals surface area contributed by atoms with Crippen molar-refractivity contribution in [2.45, 2.75) is 13.2 Å². The average molecular weight is 240 g/mol. The molecule has 0 saturated carbocycles. The van der Waals surface area contributed by atoms with Gasteiger partial charge in [-0.05, 0) is 0 Å². The molecule has 0 aliphatic carbocycles. The number of carboxylic acid groups (broad SMARTS) is 1. The lowest BCUT2D eigenvalue weighted by molar-refractivity contribution is -0.138. The van der Waals surface area contributed by atoms with Crippen molar-refractivity contribution >= 4 is 5.97 Å². The molecule has 6 heteroatoms. The van der Waals surface area contributed by atoms with Crippen LogP contribution in [0.4, 0.5) is 0 Å². The zero-order chi connectivity index (χ0) is 12.7. The Hall–Kier alpha value is -1.66. The van der Waals surface area contributed by atoms with Crippen molar-refractivity contribution in [2.75, 3.05) is 20.2 Å². The van der Waals surface area contributed by atoms with E-state index in [0.717, 1.165) is 0 Å². The summed E-state index contributed by atoms with van der Waals surface area (Å²) in [7, 11) is 1.57. The van der Waals surface area contributed by atoms with Crippen LogP contribution in [0.2, 0.25) is 0 Å². The number of rotatable bonds is 8. The highest BCUT2D eigenvalue weighted by molar-refractivity contribution is 5.69. The van der Waals surface area contributed by atoms with Crippen molar-refractivity contribution in [3.05, 3.63) is 30.2 Å². The lowest BCUT2D eigenvalue weighted by atomic mass is 10.3. The summed E-state index contributed by atoms with van der Waals surface area (Å²) >= 11 is 0. The molecule has 0 aliphatic heterocycles. The van der Waals surface area contributed by atoms with E-state index in [-0.39, 0.29) is 6.54 Å². The van der Waals surface area contributed by atoms with Gasteiger partial charge in [0.05, 0.1) is 12.2 Å². The van der Waals surface area contributed by atoms with E-state index >= 15 is 0 Å². The Labute approximate surface area is 99.5 Å². The number of hydrogen-bond donors (Lipinski definition) is 1. The van der Waals surface area contributed by atoms with Crippen molar-refractivity contribution in [1.82, 2.24) is 10.1 Å². The highest BCUT2D eigenvalue weighted by atomic mass is 16.5. The minimum atomic E-state index is -0.882. The van der Waals surface area contributed by atoms with Crippen LogP contribution in [0.3, 0.4) is 0 Å². The monoisotopic (exact) mass is 240 g/mol. The lowest BCUT2D eigenvalue weighted by Crippen LogP contribution is -2.29. The van der Waals surface area contributed by atoms with E-state index in [1.54, 1.807) is 24.2 Å². The van der Waals surface area contributed by atoms with Crippen molar-refractivity contribution in [1.29, 1.82) is 0 Å². The molecule has 0 unspecified atom stereocenters. The Kier molecular flexibility index (Phi) is 5.38. The molecule has 94 valence electrons. The maximum Gasteiger partial charge on any atom is 0.317 e. The molecule has 0 bridgehead atoms. The predicted octanol–water partition coefficient (Wildman–Crippen LogP) is 0.894. The summed E-state index contributed by atoms with van der Waals surface area (Å²) in [4.78, 5) is 12.3. The van der Waals surface area contributed by atoms with Gasteiger partial charge in [0.15, 0.2) is 5.76 Å². The lowest BCUT2D eigenvalue weighted by Gasteiger charge is -2.15. The number of carbonyl (C=O) groups is 1. The summed E-state index contributed by atoms with van der Waals surface area (Å²) in [5.41, 5.74) is 0.681. The van der Waals surface area contributed by atoms with E-state index in [1.807, 2.05) is 0 Å². The minimum Gasteiger partial charge on any atom is -0.480 e. The molecule has 0 saturated heterocycles. The number of aliphatic carboxylic acids is 1. The van der Waals surface area contributed by atoms with Gasteiger partial charge in [-0.15, -0.1) is 6.58 Å². The number of hydrogen-bond acceptors (Lipinski definition) is 5. The van der Waals surface area contributed by atoms with E-state index < -0.39 is 5.97 Å². The van der Waals surface area contributed by atoms with Gasteiger partial charge in [0, 0.05) is 26.3 Å². The van der Waals surface area contributed by atoms with Crippen molar-refractivity contribution in [3.8, 4) is 0 Å². The largest absolute Gasteiger partial charge is 0.480 e. The molecule has 0 aromatic carbocycles. The summed E-state index contributed by atoms with van der Waals surface area (Å²) in [6.45, 7) is 4.78. The molecule has 0 spiro atoms. The zero-order valence-corrected chi connectivity index (χ0v) is 9.76. The fourth-order valence-electron chi connectivity index (χ4n) is 1.43. The van der Waals surface area contributed by atoms with Gasteiger partial charge >= 0.3 is 5.97 Å². The molecule has 1 aromatic heterocycles. The Balaban J connectivity index is 2.57. The Morgan fingerprint density at radius 1 is 1.76 bits per heavy atom. The fourth-order valence-corrected chi connectivity index (χ4v) is 1.43. The van der Waals surface area contributed by atoms with Gasteiger partial charge in [-0.2, -0.15) is 0 Å². The van der Waals surface area contributed by atoms with Gasteiger partial charge in [-0.25, -0.2) is 0 Å². The van der Waals surface area contributed by atoms with Crippen LogP contribution >= 0.6 is 0 Å². The minimum absolute atomic E-state index is 0.0571. The topological polar surface area (TPSA) is 75.8 Å². The van der Waals surface area contributed by atoms with Crippen LogP contribution in [0.15, 0.2) is 23.2 Å². The summed E-state index contributed by atoms with van der Waals surface area (Å²) in [6.07, 6.45) is 1.65. The smallest absolute Gasteiger partial charge is 0.317 e. The molecule has 6 nitrogen and oxygen atoms in total. The van der Waals surface area contributed by atoms with Crippen LogP contribution < -0.4 is 0 Å². The fraction of sp³-hybridized carbons (Fsp3) is 0.455. The Morgan fingerprint density at radius 2 is 2.53 bits per heavy atom. The van der Waals surface area contributed by atoms with Gasteiger partial charge < -0.3 is 14.4 Å². The molecule has 1 aromatic rings. The van der Waals surface area contributed by atoms with Crippen molar-refractivity contribution < 1.29 is 19.2 Å². The van der Waals surface area contributed by atoms with Gasteiger partial charge in [0.2, 0.25) is 0 Å². The van der Waals surface area contributed by atoms with Gasteiger partial charge in [-0.1, -0.05) is 11.2 Å². The molecule has 0 radical (unpaired) electrons. The third-order valence-electron chi connectivity index (χ3n) is 2.03. The van der Waals surface area contributed by atoms with Crippen LogP contribution in [0.25, 0.3) is 0 Å². The van der Waals surface area contributed by atoms with Gasteiger partial charge in [0.1, 0.15) is 6.61 Å². The first-order valence-corrected chi connectivity index (χ1v) is 5.14. The molecule has 17 heavy (non-hydrogen) atoms. The Bertz CT molecular complexity index is 375.